The first-order valence-corrected chi connectivity index (χ1v) is 7.58. The van der Waals surface area contributed by atoms with Crippen molar-refractivity contribution >= 4 is 17.5 Å². The number of anilines is 3. The van der Waals surface area contributed by atoms with E-state index in [1.165, 1.54) is 0 Å². The lowest BCUT2D eigenvalue weighted by atomic mass is 10.2. The maximum Gasteiger partial charge on any atom is 0.224 e. The van der Waals surface area contributed by atoms with E-state index in [-0.39, 0.29) is 0 Å². The molecule has 7 heteroatoms. The SMILES string of the molecule is COCCCNc1nccc(Nc2ccc3c(c2)OCCO3)n1. The third-order valence-corrected chi connectivity index (χ3v) is 3.28. The molecule has 0 radical (unpaired) electrons. The van der Waals surface area contributed by atoms with Crippen LogP contribution in [0, 0.1) is 0 Å². The molecule has 0 fully saturated rings. The number of benzene rings is 1. The number of nitrogens with one attached hydrogen (secondary N) is 2. The summed E-state index contributed by atoms with van der Waals surface area (Å²) >= 11 is 0. The average molecular weight is 316 g/mol. The predicted octanol–water partition coefficient (Wildman–Crippen LogP) is 2.44. The predicted molar refractivity (Wildman–Crippen MR) is 87.7 cm³/mol. The molecule has 2 aromatic rings. The van der Waals surface area contributed by atoms with Crippen LogP contribution in [-0.2, 0) is 4.74 Å². The summed E-state index contributed by atoms with van der Waals surface area (Å²) in [5.41, 5.74) is 0.887. The van der Waals surface area contributed by atoms with Crippen molar-refractivity contribution in [3.05, 3.63) is 30.5 Å². The minimum absolute atomic E-state index is 0.569. The second-order valence-electron chi connectivity index (χ2n) is 5.02. The summed E-state index contributed by atoms with van der Waals surface area (Å²) in [5, 5.41) is 6.41. The quantitative estimate of drug-likeness (QED) is 0.760. The summed E-state index contributed by atoms with van der Waals surface area (Å²) < 4.78 is 16.1. The summed E-state index contributed by atoms with van der Waals surface area (Å²) in [4.78, 5) is 8.63. The second kappa shape index (κ2) is 7.64. The van der Waals surface area contributed by atoms with Gasteiger partial charge < -0.3 is 24.8 Å². The first-order chi connectivity index (χ1) is 11.3. The van der Waals surface area contributed by atoms with E-state index in [2.05, 4.69) is 20.6 Å². The maximum absolute atomic E-state index is 5.58. The lowest BCUT2D eigenvalue weighted by Gasteiger charge is -2.19. The third-order valence-electron chi connectivity index (χ3n) is 3.28. The minimum atomic E-state index is 0.569. The molecule has 7 nitrogen and oxygen atoms in total. The fraction of sp³-hybridized carbons (Fsp3) is 0.375. The number of aromatic nitrogens is 2. The standard InChI is InChI=1S/C16H20N4O3/c1-21-8-2-6-17-16-18-7-5-15(20-16)19-12-3-4-13-14(11-12)23-10-9-22-13/h3-5,7,11H,2,6,8-10H2,1H3,(H2,17,18,19,20). The minimum Gasteiger partial charge on any atom is -0.486 e. The summed E-state index contributed by atoms with van der Waals surface area (Å²) in [7, 11) is 1.69. The Balaban J connectivity index is 1.63. The monoisotopic (exact) mass is 316 g/mol. The second-order valence-corrected chi connectivity index (χ2v) is 5.02. The Hall–Kier alpha value is -2.54. The number of fused-ring (bicyclic) bond motifs is 1. The van der Waals surface area contributed by atoms with Gasteiger partial charge in [-0.2, -0.15) is 4.98 Å². The smallest absolute Gasteiger partial charge is 0.224 e. The lowest BCUT2D eigenvalue weighted by molar-refractivity contribution is 0.171. The van der Waals surface area contributed by atoms with Crippen molar-refractivity contribution in [3.63, 3.8) is 0 Å². The van der Waals surface area contributed by atoms with E-state index in [4.69, 9.17) is 14.2 Å². The number of methoxy groups -OCH3 is 1. The highest BCUT2D eigenvalue weighted by molar-refractivity contribution is 5.62. The van der Waals surface area contributed by atoms with Gasteiger partial charge in [-0.05, 0) is 24.6 Å². The largest absolute Gasteiger partial charge is 0.486 e. The molecule has 0 aliphatic carbocycles. The van der Waals surface area contributed by atoms with Gasteiger partial charge in [0.05, 0.1) is 0 Å². The molecule has 0 saturated heterocycles. The Morgan fingerprint density at radius 2 is 2.04 bits per heavy atom. The van der Waals surface area contributed by atoms with Gasteiger partial charge >= 0.3 is 0 Å². The highest BCUT2D eigenvalue weighted by Gasteiger charge is 2.12. The Morgan fingerprint density at radius 3 is 2.91 bits per heavy atom. The van der Waals surface area contributed by atoms with Crippen LogP contribution in [0.15, 0.2) is 30.5 Å². The highest BCUT2D eigenvalue weighted by atomic mass is 16.6. The average Bonchev–Trinajstić information content (AvgIpc) is 2.59. The van der Waals surface area contributed by atoms with Crippen molar-refractivity contribution < 1.29 is 14.2 Å². The topological polar surface area (TPSA) is 77.5 Å². The number of ether oxygens (including phenoxy) is 3. The van der Waals surface area contributed by atoms with Crippen molar-refractivity contribution in [1.82, 2.24) is 9.97 Å². The summed E-state index contributed by atoms with van der Waals surface area (Å²) in [6.45, 7) is 2.63. The first kappa shape index (κ1) is 15.4. The Kier molecular flexibility index (Phi) is 5.10. The van der Waals surface area contributed by atoms with Crippen LogP contribution in [0.3, 0.4) is 0 Å². The first-order valence-electron chi connectivity index (χ1n) is 7.58. The number of hydrogen-bond acceptors (Lipinski definition) is 7. The van der Waals surface area contributed by atoms with Crippen molar-refractivity contribution in [2.45, 2.75) is 6.42 Å². The van der Waals surface area contributed by atoms with Gasteiger partial charge in [0.25, 0.3) is 0 Å². The molecule has 0 amide bonds. The zero-order chi connectivity index (χ0) is 15.9. The van der Waals surface area contributed by atoms with E-state index in [0.717, 1.165) is 30.2 Å². The molecule has 3 rings (SSSR count). The van der Waals surface area contributed by atoms with Crippen molar-refractivity contribution in [2.24, 2.45) is 0 Å². The van der Waals surface area contributed by atoms with Gasteiger partial charge in [0, 0.05) is 38.2 Å². The molecule has 0 bridgehead atoms. The molecule has 0 unspecified atom stereocenters. The number of rotatable bonds is 7. The fourth-order valence-electron chi connectivity index (χ4n) is 2.20. The molecule has 1 aromatic heterocycles. The summed E-state index contributed by atoms with van der Waals surface area (Å²) in [6, 6.07) is 7.54. The molecule has 122 valence electrons. The van der Waals surface area contributed by atoms with Crippen LogP contribution in [-0.4, -0.2) is 43.4 Å². The Bertz CT molecular complexity index is 651. The number of hydrogen-bond donors (Lipinski definition) is 2. The molecule has 0 saturated carbocycles. The van der Waals surface area contributed by atoms with Gasteiger partial charge in [0.15, 0.2) is 11.5 Å². The van der Waals surface area contributed by atoms with Gasteiger partial charge in [-0.15, -0.1) is 0 Å². The van der Waals surface area contributed by atoms with Crippen molar-refractivity contribution in [3.8, 4) is 11.5 Å². The fourth-order valence-corrected chi connectivity index (χ4v) is 2.20. The van der Waals surface area contributed by atoms with Gasteiger partial charge in [-0.25, -0.2) is 4.98 Å². The molecule has 0 atom stereocenters. The van der Waals surface area contributed by atoms with Gasteiger partial charge in [-0.1, -0.05) is 0 Å². The maximum atomic E-state index is 5.58. The zero-order valence-corrected chi connectivity index (χ0v) is 13.0. The Morgan fingerprint density at radius 1 is 1.17 bits per heavy atom. The number of nitrogens with zero attached hydrogens (tertiary/aromatic N) is 2. The molecule has 23 heavy (non-hydrogen) atoms. The highest BCUT2D eigenvalue weighted by Crippen LogP contribution is 2.33. The normalized spacial score (nSPS) is 12.7. The van der Waals surface area contributed by atoms with Crippen LogP contribution in [0.4, 0.5) is 17.5 Å². The van der Waals surface area contributed by atoms with Crippen LogP contribution in [0.2, 0.25) is 0 Å². The molecule has 1 aliphatic rings. The molecule has 1 aliphatic heterocycles. The zero-order valence-electron chi connectivity index (χ0n) is 13.0. The molecule has 1 aromatic carbocycles. The van der Waals surface area contributed by atoms with E-state index >= 15 is 0 Å². The van der Waals surface area contributed by atoms with Gasteiger partial charge in [-0.3, -0.25) is 0 Å². The summed E-state index contributed by atoms with van der Waals surface area (Å²) in [5.74, 6) is 2.81. The molecular formula is C16H20N4O3. The van der Waals surface area contributed by atoms with E-state index in [1.54, 1.807) is 13.3 Å². The molecular weight excluding hydrogens is 296 g/mol. The lowest BCUT2D eigenvalue weighted by Crippen LogP contribution is -2.15. The van der Waals surface area contributed by atoms with E-state index in [9.17, 15) is 0 Å². The van der Waals surface area contributed by atoms with Crippen LogP contribution >= 0.6 is 0 Å². The van der Waals surface area contributed by atoms with Crippen LogP contribution in [0.1, 0.15) is 6.42 Å². The van der Waals surface area contributed by atoms with Crippen molar-refractivity contribution in [2.75, 3.05) is 44.1 Å². The van der Waals surface area contributed by atoms with E-state index in [1.807, 2.05) is 24.3 Å². The van der Waals surface area contributed by atoms with E-state index < -0.39 is 0 Å². The van der Waals surface area contributed by atoms with E-state index in [0.29, 0.717) is 31.6 Å². The van der Waals surface area contributed by atoms with Crippen molar-refractivity contribution in [1.29, 1.82) is 0 Å². The molecule has 2 heterocycles. The van der Waals surface area contributed by atoms with Gasteiger partial charge in [0.2, 0.25) is 5.95 Å². The third kappa shape index (κ3) is 4.23. The molecule has 0 spiro atoms. The Labute approximate surface area is 135 Å². The summed E-state index contributed by atoms with van der Waals surface area (Å²) in [6.07, 6.45) is 2.62. The van der Waals surface area contributed by atoms with Crippen LogP contribution in [0.5, 0.6) is 11.5 Å². The molecule has 2 N–H and O–H groups in total. The van der Waals surface area contributed by atoms with Crippen LogP contribution in [0.25, 0.3) is 0 Å². The van der Waals surface area contributed by atoms with Crippen LogP contribution < -0.4 is 20.1 Å². The van der Waals surface area contributed by atoms with Gasteiger partial charge in [0.1, 0.15) is 19.0 Å².